The van der Waals surface area contributed by atoms with Gasteiger partial charge in [0.1, 0.15) is 0 Å². The van der Waals surface area contributed by atoms with Crippen LogP contribution in [-0.2, 0) is 4.43 Å². The Bertz CT molecular complexity index is 398. The van der Waals surface area contributed by atoms with E-state index in [4.69, 9.17) is 4.43 Å². The highest BCUT2D eigenvalue weighted by Crippen LogP contribution is 2.38. The number of benzene rings is 1. The molecule has 0 unspecified atom stereocenters. The molecule has 2 rings (SSSR count). The van der Waals surface area contributed by atoms with E-state index in [9.17, 15) is 0 Å². The Kier molecular flexibility index (Phi) is 4.28. The van der Waals surface area contributed by atoms with Crippen LogP contribution >= 0.6 is 0 Å². The summed E-state index contributed by atoms with van der Waals surface area (Å²) < 4.78 is 6.37. The molecular weight excluding hydrogens is 236 g/mol. The highest BCUT2D eigenvalue weighted by Gasteiger charge is 2.34. The van der Waals surface area contributed by atoms with Crippen molar-refractivity contribution in [3.8, 4) is 0 Å². The zero-order chi connectivity index (χ0) is 13.0. The third kappa shape index (κ3) is 2.69. The molecule has 0 saturated heterocycles. The minimum atomic E-state index is -1.45. The summed E-state index contributed by atoms with van der Waals surface area (Å²) in [6, 6.07) is 14.4. The van der Waals surface area contributed by atoms with Gasteiger partial charge in [-0.3, -0.25) is 0 Å². The molecule has 98 valence electrons. The molecule has 0 aromatic heterocycles. The summed E-state index contributed by atoms with van der Waals surface area (Å²) in [5, 5.41) is 0. The predicted octanol–water partition coefficient (Wildman–Crippen LogP) is 5.08. The number of allylic oxidation sites excluding steroid dienone is 2. The Labute approximate surface area is 112 Å². The summed E-state index contributed by atoms with van der Waals surface area (Å²) >= 11 is 0. The molecule has 1 aromatic carbocycles. The molecule has 0 spiro atoms. The third-order valence-corrected chi connectivity index (χ3v) is 8.88. The van der Waals surface area contributed by atoms with Gasteiger partial charge in [-0.25, -0.2) is 0 Å². The van der Waals surface area contributed by atoms with Crippen molar-refractivity contribution in [2.24, 2.45) is 0 Å². The van der Waals surface area contributed by atoms with E-state index in [1.165, 1.54) is 29.5 Å². The molecule has 1 atom stereocenters. The van der Waals surface area contributed by atoms with Gasteiger partial charge < -0.3 is 4.43 Å². The van der Waals surface area contributed by atoms with Crippen molar-refractivity contribution in [2.45, 2.75) is 51.2 Å². The van der Waals surface area contributed by atoms with E-state index in [-0.39, 0.29) is 0 Å². The second kappa shape index (κ2) is 5.74. The quantitative estimate of drug-likeness (QED) is 0.648. The maximum atomic E-state index is 6.37. The summed E-state index contributed by atoms with van der Waals surface area (Å²) in [6.07, 6.45) is 3.41. The van der Waals surface area contributed by atoms with E-state index in [0.29, 0.717) is 5.92 Å². The largest absolute Gasteiger partial charge is 0.547 e. The minimum absolute atomic E-state index is 0.582. The van der Waals surface area contributed by atoms with Crippen LogP contribution in [0.5, 0.6) is 0 Å². The van der Waals surface area contributed by atoms with E-state index in [1.54, 1.807) is 0 Å². The molecule has 0 N–H and O–H groups in total. The van der Waals surface area contributed by atoms with Gasteiger partial charge in [0.2, 0.25) is 8.32 Å². The Morgan fingerprint density at radius 1 is 1.06 bits per heavy atom. The molecule has 0 bridgehead atoms. The fraction of sp³-hybridized carbons (Fsp3) is 0.500. The van der Waals surface area contributed by atoms with Crippen LogP contribution in [0.25, 0.3) is 0 Å². The van der Waals surface area contributed by atoms with E-state index < -0.39 is 8.32 Å². The molecular formula is C16H24OSi. The van der Waals surface area contributed by atoms with Crippen LogP contribution in [0.4, 0.5) is 0 Å². The zero-order valence-electron chi connectivity index (χ0n) is 11.8. The molecule has 2 heteroatoms. The normalized spacial score (nSPS) is 19.1. The number of hydrogen-bond acceptors (Lipinski definition) is 1. The average Bonchev–Trinajstić information content (AvgIpc) is 2.40. The lowest BCUT2D eigenvalue weighted by molar-refractivity contribution is 0.349. The van der Waals surface area contributed by atoms with Crippen molar-refractivity contribution in [1.82, 2.24) is 0 Å². The van der Waals surface area contributed by atoms with E-state index in [0.717, 1.165) is 6.42 Å². The van der Waals surface area contributed by atoms with Crippen molar-refractivity contribution in [1.29, 1.82) is 0 Å². The van der Waals surface area contributed by atoms with Crippen LogP contribution in [0.2, 0.25) is 18.1 Å². The molecule has 0 fully saturated rings. The molecule has 1 nitrogen and oxygen atoms in total. The third-order valence-electron chi connectivity index (χ3n) is 4.32. The van der Waals surface area contributed by atoms with Crippen molar-refractivity contribution in [3.05, 3.63) is 47.7 Å². The van der Waals surface area contributed by atoms with Gasteiger partial charge in [0.25, 0.3) is 0 Å². The lowest BCUT2D eigenvalue weighted by Crippen LogP contribution is -2.36. The average molecular weight is 260 g/mol. The van der Waals surface area contributed by atoms with Crippen molar-refractivity contribution in [2.75, 3.05) is 0 Å². The molecule has 0 radical (unpaired) electrons. The summed E-state index contributed by atoms with van der Waals surface area (Å²) in [7, 11) is -1.45. The van der Waals surface area contributed by atoms with Gasteiger partial charge in [-0.1, -0.05) is 51.1 Å². The second-order valence-corrected chi connectivity index (χ2v) is 9.89. The molecule has 0 saturated carbocycles. The van der Waals surface area contributed by atoms with E-state index in [2.05, 4.69) is 57.2 Å². The Balaban J connectivity index is 1.99. The zero-order valence-corrected chi connectivity index (χ0v) is 12.8. The first-order valence-electron chi connectivity index (χ1n) is 7.17. The van der Waals surface area contributed by atoms with E-state index in [1.807, 2.05) is 0 Å². The van der Waals surface area contributed by atoms with Gasteiger partial charge in [-0.05, 0) is 29.8 Å². The number of hydrogen-bond donors (Lipinski definition) is 0. The number of rotatable bonds is 6. The molecule has 0 amide bonds. The highest BCUT2D eigenvalue weighted by molar-refractivity contribution is 6.73. The first-order chi connectivity index (χ1) is 8.73. The monoisotopic (exact) mass is 260 g/mol. The Morgan fingerprint density at radius 2 is 1.61 bits per heavy atom. The van der Waals surface area contributed by atoms with Gasteiger partial charge in [0.15, 0.2) is 0 Å². The predicted molar refractivity (Wildman–Crippen MR) is 80.2 cm³/mol. The van der Waals surface area contributed by atoms with Crippen molar-refractivity contribution >= 4 is 8.32 Å². The topological polar surface area (TPSA) is 9.23 Å². The molecule has 0 heterocycles. The molecule has 1 aliphatic rings. The van der Waals surface area contributed by atoms with Crippen molar-refractivity contribution in [3.63, 3.8) is 0 Å². The standard InChI is InChI=1S/C16H24OSi/c1-4-18(5-2,6-3)17-16-12-15(13-16)14-10-8-7-9-11-14/h7-12,15H,4-6,13H2,1-3H3/t15-/m1/s1. The van der Waals surface area contributed by atoms with Crippen LogP contribution in [0.3, 0.4) is 0 Å². The molecule has 0 aliphatic heterocycles. The lowest BCUT2D eigenvalue weighted by atomic mass is 9.86. The Hall–Kier alpha value is -1.02. The lowest BCUT2D eigenvalue weighted by Gasteiger charge is -2.35. The fourth-order valence-corrected chi connectivity index (χ4v) is 5.28. The second-order valence-electron chi connectivity index (χ2n) is 5.20. The van der Waals surface area contributed by atoms with Crippen LogP contribution in [-0.4, -0.2) is 8.32 Å². The van der Waals surface area contributed by atoms with Crippen molar-refractivity contribution < 1.29 is 4.43 Å². The maximum absolute atomic E-state index is 6.37. The summed E-state index contributed by atoms with van der Waals surface area (Å²) in [4.78, 5) is 0. The van der Waals surface area contributed by atoms with Crippen LogP contribution in [0, 0.1) is 0 Å². The summed E-state index contributed by atoms with van der Waals surface area (Å²) in [5.41, 5.74) is 1.42. The molecule has 18 heavy (non-hydrogen) atoms. The van der Waals surface area contributed by atoms with Gasteiger partial charge in [0.05, 0.1) is 5.76 Å². The van der Waals surface area contributed by atoms with Crippen LogP contribution in [0.1, 0.15) is 38.7 Å². The highest BCUT2D eigenvalue weighted by atomic mass is 28.4. The van der Waals surface area contributed by atoms with E-state index >= 15 is 0 Å². The smallest absolute Gasteiger partial charge is 0.250 e. The molecule has 1 aliphatic carbocycles. The maximum Gasteiger partial charge on any atom is 0.250 e. The minimum Gasteiger partial charge on any atom is -0.547 e. The van der Waals surface area contributed by atoms with Crippen LogP contribution < -0.4 is 0 Å². The SMILES string of the molecule is CC[Si](CC)(CC)OC1=C[C@@H](c2ccccc2)C1. The Morgan fingerprint density at radius 3 is 2.11 bits per heavy atom. The summed E-state index contributed by atoms with van der Waals surface area (Å²) in [5.74, 6) is 1.83. The first kappa shape index (κ1) is 13.4. The summed E-state index contributed by atoms with van der Waals surface area (Å²) in [6.45, 7) is 6.85. The van der Waals surface area contributed by atoms with Crippen LogP contribution in [0.15, 0.2) is 42.2 Å². The fourth-order valence-electron chi connectivity index (χ4n) is 2.64. The van der Waals surface area contributed by atoms with Gasteiger partial charge in [-0.2, -0.15) is 0 Å². The molecule has 1 aromatic rings. The first-order valence-corrected chi connectivity index (χ1v) is 9.70. The van der Waals surface area contributed by atoms with Gasteiger partial charge in [-0.15, -0.1) is 0 Å². The van der Waals surface area contributed by atoms with Gasteiger partial charge in [0, 0.05) is 12.3 Å². The van der Waals surface area contributed by atoms with Gasteiger partial charge >= 0.3 is 0 Å².